The number of nitrogens with two attached hydrogens (primary N) is 1. The number of nitrogens with zero attached hydrogens (tertiary/aromatic N) is 2. The van der Waals surface area contributed by atoms with Crippen LogP contribution in [0.3, 0.4) is 0 Å². The van der Waals surface area contributed by atoms with E-state index in [1.54, 1.807) is 24.5 Å². The van der Waals surface area contributed by atoms with E-state index in [1.165, 1.54) is 17.7 Å². The van der Waals surface area contributed by atoms with E-state index in [1.807, 2.05) is 24.3 Å². The summed E-state index contributed by atoms with van der Waals surface area (Å²) in [5, 5.41) is 7.74. The number of hydrogen-bond acceptors (Lipinski definition) is 3. The SMILES string of the molecule is Nc1ccc(CCCc2[nH]nc(-c3ccc(F)cc3)c2-c2ccncc2)cc1. The smallest absolute Gasteiger partial charge is 0.123 e. The maximum atomic E-state index is 13.3. The maximum absolute atomic E-state index is 13.3. The third-order valence-electron chi connectivity index (χ3n) is 4.80. The van der Waals surface area contributed by atoms with Gasteiger partial charge in [0, 0.05) is 34.9 Å². The van der Waals surface area contributed by atoms with Crippen molar-refractivity contribution in [1.82, 2.24) is 15.2 Å². The summed E-state index contributed by atoms with van der Waals surface area (Å²) in [5.74, 6) is -0.256. The Bertz CT molecular complexity index is 1040. The molecule has 0 saturated heterocycles. The Kier molecular flexibility index (Phi) is 5.15. The number of hydrogen-bond donors (Lipinski definition) is 2. The Balaban J connectivity index is 1.61. The van der Waals surface area contributed by atoms with E-state index in [-0.39, 0.29) is 5.82 Å². The lowest BCUT2D eigenvalue weighted by molar-refractivity contribution is 0.628. The van der Waals surface area contributed by atoms with Crippen LogP contribution in [-0.4, -0.2) is 15.2 Å². The molecule has 0 fully saturated rings. The quantitative estimate of drug-likeness (QED) is 0.466. The van der Waals surface area contributed by atoms with E-state index in [0.717, 1.165) is 53.0 Å². The molecule has 2 aromatic carbocycles. The molecular weight excluding hydrogens is 351 g/mol. The molecule has 5 heteroatoms. The van der Waals surface area contributed by atoms with Crippen molar-refractivity contribution in [3.63, 3.8) is 0 Å². The van der Waals surface area contributed by atoms with Crippen molar-refractivity contribution < 1.29 is 4.39 Å². The number of aromatic nitrogens is 3. The largest absolute Gasteiger partial charge is 0.399 e. The first-order chi connectivity index (χ1) is 13.7. The predicted octanol–water partition coefficient (Wildman–Crippen LogP) is 5.04. The van der Waals surface area contributed by atoms with Crippen molar-refractivity contribution in [1.29, 1.82) is 0 Å². The molecule has 0 amide bonds. The summed E-state index contributed by atoms with van der Waals surface area (Å²) in [5.41, 5.74) is 12.7. The van der Waals surface area contributed by atoms with Crippen LogP contribution in [0.5, 0.6) is 0 Å². The number of pyridine rings is 1. The zero-order chi connectivity index (χ0) is 19.3. The zero-order valence-corrected chi connectivity index (χ0v) is 15.4. The first-order valence-corrected chi connectivity index (χ1v) is 9.29. The molecule has 4 nitrogen and oxygen atoms in total. The molecule has 0 spiro atoms. The average Bonchev–Trinajstić information content (AvgIpc) is 3.14. The highest BCUT2D eigenvalue weighted by Crippen LogP contribution is 2.33. The molecule has 28 heavy (non-hydrogen) atoms. The minimum absolute atomic E-state index is 0.256. The molecule has 2 heterocycles. The van der Waals surface area contributed by atoms with E-state index in [2.05, 4.69) is 27.3 Å². The van der Waals surface area contributed by atoms with Gasteiger partial charge in [0.2, 0.25) is 0 Å². The Hall–Kier alpha value is -3.47. The van der Waals surface area contributed by atoms with Gasteiger partial charge in [-0.25, -0.2) is 4.39 Å². The molecule has 0 aliphatic heterocycles. The van der Waals surface area contributed by atoms with Gasteiger partial charge in [0.25, 0.3) is 0 Å². The molecule has 0 atom stereocenters. The highest BCUT2D eigenvalue weighted by molar-refractivity contribution is 5.82. The lowest BCUT2D eigenvalue weighted by Gasteiger charge is -2.07. The van der Waals surface area contributed by atoms with Crippen molar-refractivity contribution in [3.05, 3.63) is 90.1 Å². The molecule has 0 unspecified atom stereocenters. The van der Waals surface area contributed by atoms with Crippen LogP contribution in [0.15, 0.2) is 73.1 Å². The summed E-state index contributed by atoms with van der Waals surface area (Å²) in [6, 6.07) is 18.4. The van der Waals surface area contributed by atoms with Crippen molar-refractivity contribution >= 4 is 5.69 Å². The van der Waals surface area contributed by atoms with Crippen LogP contribution in [0.1, 0.15) is 17.7 Å². The van der Waals surface area contributed by atoms with Gasteiger partial charge in [-0.3, -0.25) is 10.1 Å². The number of aryl methyl sites for hydroxylation is 2. The van der Waals surface area contributed by atoms with Crippen LogP contribution >= 0.6 is 0 Å². The highest BCUT2D eigenvalue weighted by Gasteiger charge is 2.16. The van der Waals surface area contributed by atoms with E-state index >= 15 is 0 Å². The van der Waals surface area contributed by atoms with Gasteiger partial charge < -0.3 is 5.73 Å². The Morgan fingerprint density at radius 2 is 1.54 bits per heavy atom. The van der Waals surface area contributed by atoms with E-state index in [0.29, 0.717) is 0 Å². The van der Waals surface area contributed by atoms with Crippen molar-refractivity contribution in [2.24, 2.45) is 0 Å². The standard InChI is InChI=1S/C23H21FN4/c24-19-8-6-18(7-9-19)23-22(17-12-14-26-15-13-17)21(27-28-23)3-1-2-16-4-10-20(25)11-5-16/h4-15H,1-3,25H2,(H,27,28). The Morgan fingerprint density at radius 3 is 2.25 bits per heavy atom. The topological polar surface area (TPSA) is 67.6 Å². The van der Waals surface area contributed by atoms with Crippen LogP contribution in [0.25, 0.3) is 22.4 Å². The molecule has 0 bridgehead atoms. The molecule has 0 saturated carbocycles. The van der Waals surface area contributed by atoms with E-state index in [4.69, 9.17) is 5.73 Å². The van der Waals surface area contributed by atoms with Gasteiger partial charge in [0.1, 0.15) is 11.5 Å². The minimum atomic E-state index is -0.256. The maximum Gasteiger partial charge on any atom is 0.123 e. The molecule has 4 aromatic rings. The number of H-pyrrole nitrogens is 1. The van der Waals surface area contributed by atoms with Gasteiger partial charge in [0.05, 0.1) is 0 Å². The van der Waals surface area contributed by atoms with Gasteiger partial charge >= 0.3 is 0 Å². The molecule has 4 rings (SSSR count). The van der Waals surface area contributed by atoms with Crippen LogP contribution in [-0.2, 0) is 12.8 Å². The normalized spacial score (nSPS) is 10.9. The summed E-state index contributed by atoms with van der Waals surface area (Å²) in [6.45, 7) is 0. The van der Waals surface area contributed by atoms with Gasteiger partial charge in [-0.05, 0) is 78.9 Å². The average molecular weight is 372 g/mol. The summed E-state index contributed by atoms with van der Waals surface area (Å²) in [6.07, 6.45) is 6.34. The Labute approximate surface area is 163 Å². The van der Waals surface area contributed by atoms with Gasteiger partial charge in [-0.2, -0.15) is 5.10 Å². The lowest BCUT2D eigenvalue weighted by Crippen LogP contribution is -1.94. The fourth-order valence-corrected chi connectivity index (χ4v) is 3.36. The molecule has 0 radical (unpaired) electrons. The van der Waals surface area contributed by atoms with E-state index < -0.39 is 0 Å². The first kappa shape index (κ1) is 17.9. The molecule has 0 aliphatic rings. The number of rotatable bonds is 6. The lowest BCUT2D eigenvalue weighted by atomic mass is 9.97. The summed E-state index contributed by atoms with van der Waals surface area (Å²) in [4.78, 5) is 4.12. The predicted molar refractivity (Wildman–Crippen MR) is 110 cm³/mol. The summed E-state index contributed by atoms with van der Waals surface area (Å²) < 4.78 is 13.3. The second-order valence-corrected chi connectivity index (χ2v) is 6.76. The van der Waals surface area contributed by atoms with Gasteiger partial charge in [-0.1, -0.05) is 12.1 Å². The molecular formula is C23H21FN4. The number of nitrogen functional groups attached to an aromatic ring is 1. The van der Waals surface area contributed by atoms with Crippen molar-refractivity contribution in [2.45, 2.75) is 19.3 Å². The van der Waals surface area contributed by atoms with Crippen LogP contribution < -0.4 is 5.73 Å². The number of halogens is 1. The number of nitrogens with one attached hydrogen (secondary N) is 1. The summed E-state index contributed by atoms with van der Waals surface area (Å²) in [7, 11) is 0. The molecule has 2 aromatic heterocycles. The number of aromatic amines is 1. The van der Waals surface area contributed by atoms with Crippen molar-refractivity contribution in [3.8, 4) is 22.4 Å². The molecule has 140 valence electrons. The first-order valence-electron chi connectivity index (χ1n) is 9.29. The Morgan fingerprint density at radius 1 is 0.821 bits per heavy atom. The van der Waals surface area contributed by atoms with Crippen molar-refractivity contribution in [2.75, 3.05) is 5.73 Å². The number of benzene rings is 2. The van der Waals surface area contributed by atoms with Gasteiger partial charge in [-0.15, -0.1) is 0 Å². The van der Waals surface area contributed by atoms with Crippen LogP contribution in [0.4, 0.5) is 10.1 Å². The summed E-state index contributed by atoms with van der Waals surface area (Å²) >= 11 is 0. The minimum Gasteiger partial charge on any atom is -0.399 e. The fraction of sp³-hybridized carbons (Fsp3) is 0.130. The monoisotopic (exact) mass is 372 g/mol. The fourth-order valence-electron chi connectivity index (χ4n) is 3.36. The molecule has 0 aliphatic carbocycles. The third-order valence-corrected chi connectivity index (χ3v) is 4.80. The zero-order valence-electron chi connectivity index (χ0n) is 15.4. The second kappa shape index (κ2) is 8.05. The highest BCUT2D eigenvalue weighted by atomic mass is 19.1. The van der Waals surface area contributed by atoms with Crippen LogP contribution in [0, 0.1) is 5.82 Å². The van der Waals surface area contributed by atoms with E-state index in [9.17, 15) is 4.39 Å². The number of anilines is 1. The second-order valence-electron chi connectivity index (χ2n) is 6.76. The van der Waals surface area contributed by atoms with Crippen LogP contribution in [0.2, 0.25) is 0 Å². The molecule has 3 N–H and O–H groups in total. The third kappa shape index (κ3) is 3.93. The van der Waals surface area contributed by atoms with Gasteiger partial charge in [0.15, 0.2) is 0 Å².